The highest BCUT2D eigenvalue weighted by Gasteiger charge is 2.29. The van der Waals surface area contributed by atoms with Crippen LogP contribution in [0.4, 0.5) is 0 Å². The number of benzene rings is 1. The quantitative estimate of drug-likeness (QED) is 0.789. The monoisotopic (exact) mass is 329 g/mol. The Labute approximate surface area is 141 Å². The SMILES string of the molecule is CCc1cn(-c2ccc(O[C@H]3CCC[C@H](C(=O)OC)C3)cc2)nn1. The van der Waals surface area contributed by atoms with Gasteiger partial charge in [-0.15, -0.1) is 5.10 Å². The van der Waals surface area contributed by atoms with Crippen LogP contribution in [-0.2, 0) is 16.0 Å². The number of carbonyl (C=O) groups excluding carboxylic acids is 1. The number of ether oxygens (including phenoxy) is 2. The summed E-state index contributed by atoms with van der Waals surface area (Å²) in [6.07, 6.45) is 6.42. The summed E-state index contributed by atoms with van der Waals surface area (Å²) in [5.74, 6) is 0.636. The Hall–Kier alpha value is -2.37. The zero-order valence-electron chi connectivity index (χ0n) is 14.1. The summed E-state index contributed by atoms with van der Waals surface area (Å²) < 4.78 is 12.7. The second kappa shape index (κ2) is 7.47. The molecule has 1 heterocycles. The molecule has 0 saturated heterocycles. The van der Waals surface area contributed by atoms with Gasteiger partial charge < -0.3 is 9.47 Å². The van der Waals surface area contributed by atoms with Gasteiger partial charge in [0.15, 0.2) is 0 Å². The fraction of sp³-hybridized carbons (Fsp3) is 0.500. The summed E-state index contributed by atoms with van der Waals surface area (Å²) >= 11 is 0. The van der Waals surface area contributed by atoms with Gasteiger partial charge in [-0.2, -0.15) is 0 Å². The van der Waals surface area contributed by atoms with Crippen LogP contribution in [0.3, 0.4) is 0 Å². The molecule has 3 rings (SSSR count). The van der Waals surface area contributed by atoms with Crippen molar-refractivity contribution in [3.05, 3.63) is 36.2 Å². The van der Waals surface area contributed by atoms with Crippen LogP contribution in [0, 0.1) is 5.92 Å². The molecule has 6 heteroatoms. The van der Waals surface area contributed by atoms with Crippen molar-refractivity contribution in [3.63, 3.8) is 0 Å². The maximum absolute atomic E-state index is 11.7. The first kappa shape index (κ1) is 16.5. The van der Waals surface area contributed by atoms with Crippen molar-refractivity contribution >= 4 is 5.97 Å². The number of hydrogen-bond acceptors (Lipinski definition) is 5. The molecule has 24 heavy (non-hydrogen) atoms. The first-order valence-corrected chi connectivity index (χ1v) is 8.45. The smallest absolute Gasteiger partial charge is 0.308 e. The third-order valence-corrected chi connectivity index (χ3v) is 4.47. The van der Waals surface area contributed by atoms with Crippen molar-refractivity contribution in [1.82, 2.24) is 15.0 Å². The lowest BCUT2D eigenvalue weighted by atomic mass is 9.87. The van der Waals surface area contributed by atoms with Crippen LogP contribution in [-0.4, -0.2) is 34.2 Å². The number of carbonyl (C=O) groups is 1. The molecule has 0 aliphatic heterocycles. The highest BCUT2D eigenvalue weighted by molar-refractivity contribution is 5.72. The van der Waals surface area contributed by atoms with Crippen molar-refractivity contribution in [2.75, 3.05) is 7.11 Å². The molecule has 2 aromatic rings. The molecular formula is C18H23N3O3. The number of esters is 1. The zero-order valence-corrected chi connectivity index (χ0v) is 14.1. The summed E-state index contributed by atoms with van der Waals surface area (Å²) in [5.41, 5.74) is 1.91. The lowest BCUT2D eigenvalue weighted by Gasteiger charge is -2.28. The van der Waals surface area contributed by atoms with Crippen LogP contribution in [0.15, 0.2) is 30.5 Å². The van der Waals surface area contributed by atoms with Crippen LogP contribution in [0.2, 0.25) is 0 Å². The number of hydrogen-bond donors (Lipinski definition) is 0. The summed E-state index contributed by atoms with van der Waals surface area (Å²) in [4.78, 5) is 11.7. The normalized spacial score (nSPS) is 20.6. The molecule has 0 unspecified atom stereocenters. The van der Waals surface area contributed by atoms with Crippen LogP contribution in [0.5, 0.6) is 5.75 Å². The number of aromatic nitrogens is 3. The van der Waals surface area contributed by atoms with E-state index in [0.717, 1.165) is 49.2 Å². The van der Waals surface area contributed by atoms with Gasteiger partial charge in [0.1, 0.15) is 5.75 Å². The lowest BCUT2D eigenvalue weighted by molar-refractivity contribution is -0.147. The Kier molecular flexibility index (Phi) is 5.13. The maximum Gasteiger partial charge on any atom is 0.308 e. The molecule has 0 spiro atoms. The van der Waals surface area contributed by atoms with E-state index >= 15 is 0 Å². The topological polar surface area (TPSA) is 66.2 Å². The molecule has 0 bridgehead atoms. The first-order chi connectivity index (χ1) is 11.7. The molecule has 0 amide bonds. The van der Waals surface area contributed by atoms with E-state index in [-0.39, 0.29) is 18.0 Å². The van der Waals surface area contributed by atoms with Gasteiger partial charge in [-0.25, -0.2) is 4.68 Å². The molecule has 0 N–H and O–H groups in total. The molecule has 1 aromatic heterocycles. The first-order valence-electron chi connectivity index (χ1n) is 8.45. The van der Waals surface area contributed by atoms with Gasteiger partial charge in [0.25, 0.3) is 0 Å². The lowest BCUT2D eigenvalue weighted by Crippen LogP contribution is -2.30. The van der Waals surface area contributed by atoms with Crippen LogP contribution in [0.25, 0.3) is 5.69 Å². The van der Waals surface area contributed by atoms with E-state index in [2.05, 4.69) is 17.2 Å². The molecule has 2 atom stereocenters. The Morgan fingerprint density at radius 3 is 2.75 bits per heavy atom. The van der Waals surface area contributed by atoms with E-state index in [4.69, 9.17) is 9.47 Å². The Morgan fingerprint density at radius 1 is 1.29 bits per heavy atom. The molecule has 0 radical (unpaired) electrons. The van der Waals surface area contributed by atoms with E-state index in [9.17, 15) is 4.79 Å². The minimum Gasteiger partial charge on any atom is -0.490 e. The predicted octanol–water partition coefficient (Wildman–Crippen LogP) is 2.94. The molecule has 128 valence electrons. The maximum atomic E-state index is 11.7. The van der Waals surface area contributed by atoms with Crippen molar-refractivity contribution in [2.45, 2.75) is 45.1 Å². The van der Waals surface area contributed by atoms with Crippen molar-refractivity contribution in [2.24, 2.45) is 5.92 Å². The van der Waals surface area contributed by atoms with Crippen LogP contribution < -0.4 is 4.74 Å². The van der Waals surface area contributed by atoms with Gasteiger partial charge in [0.05, 0.1) is 36.7 Å². The van der Waals surface area contributed by atoms with Gasteiger partial charge in [-0.1, -0.05) is 12.1 Å². The van der Waals surface area contributed by atoms with Crippen LogP contribution >= 0.6 is 0 Å². The Balaban J connectivity index is 1.62. The molecule has 1 fully saturated rings. The third-order valence-electron chi connectivity index (χ3n) is 4.47. The molecule has 6 nitrogen and oxygen atoms in total. The van der Waals surface area contributed by atoms with E-state index in [1.54, 1.807) is 4.68 Å². The summed E-state index contributed by atoms with van der Waals surface area (Å²) in [6, 6.07) is 7.79. The highest BCUT2D eigenvalue weighted by Crippen LogP contribution is 2.29. The fourth-order valence-corrected chi connectivity index (χ4v) is 3.09. The fourth-order valence-electron chi connectivity index (χ4n) is 3.09. The van der Waals surface area contributed by atoms with Crippen molar-refractivity contribution in [3.8, 4) is 11.4 Å². The van der Waals surface area contributed by atoms with Gasteiger partial charge in [-0.05, 0) is 56.4 Å². The predicted molar refractivity (Wildman–Crippen MR) is 89.1 cm³/mol. The van der Waals surface area contributed by atoms with Gasteiger partial charge in [0, 0.05) is 0 Å². The second-order valence-electron chi connectivity index (χ2n) is 6.13. The molecular weight excluding hydrogens is 306 g/mol. The average molecular weight is 329 g/mol. The number of methoxy groups -OCH3 is 1. The van der Waals surface area contributed by atoms with Gasteiger partial charge >= 0.3 is 5.97 Å². The molecule has 1 aromatic carbocycles. The molecule has 1 saturated carbocycles. The van der Waals surface area contributed by atoms with E-state index in [1.165, 1.54) is 7.11 Å². The summed E-state index contributed by atoms with van der Waals surface area (Å²) in [6.45, 7) is 2.05. The largest absolute Gasteiger partial charge is 0.490 e. The highest BCUT2D eigenvalue weighted by atomic mass is 16.5. The van der Waals surface area contributed by atoms with Crippen molar-refractivity contribution in [1.29, 1.82) is 0 Å². The average Bonchev–Trinajstić information content (AvgIpc) is 3.11. The van der Waals surface area contributed by atoms with E-state index in [1.807, 2.05) is 30.5 Å². The second-order valence-corrected chi connectivity index (χ2v) is 6.13. The van der Waals surface area contributed by atoms with Gasteiger partial charge in [-0.3, -0.25) is 4.79 Å². The summed E-state index contributed by atoms with van der Waals surface area (Å²) in [7, 11) is 1.44. The van der Waals surface area contributed by atoms with Gasteiger partial charge in [0.2, 0.25) is 0 Å². The minimum atomic E-state index is -0.128. The third kappa shape index (κ3) is 3.75. The molecule has 1 aliphatic carbocycles. The van der Waals surface area contributed by atoms with E-state index < -0.39 is 0 Å². The standard InChI is InChI=1S/C18H23N3O3/c1-3-14-12-21(20-19-14)15-7-9-16(10-8-15)24-17-6-4-5-13(11-17)18(22)23-2/h7-10,12-13,17H,3-6,11H2,1-2H3/t13-,17-/m0/s1. The Bertz CT molecular complexity index is 681. The summed E-state index contributed by atoms with van der Waals surface area (Å²) in [5, 5.41) is 8.21. The Morgan fingerprint density at radius 2 is 2.08 bits per heavy atom. The zero-order chi connectivity index (χ0) is 16.9. The number of nitrogens with zero attached hydrogens (tertiary/aromatic N) is 3. The number of aryl methyl sites for hydroxylation is 1. The minimum absolute atomic E-state index is 0.0457. The molecule has 1 aliphatic rings. The van der Waals surface area contributed by atoms with Crippen LogP contribution in [0.1, 0.15) is 38.3 Å². The van der Waals surface area contributed by atoms with Crippen molar-refractivity contribution < 1.29 is 14.3 Å². The number of rotatable bonds is 5. The van der Waals surface area contributed by atoms with E-state index in [0.29, 0.717) is 0 Å².